The van der Waals surface area contributed by atoms with E-state index in [1.165, 1.54) is 19.3 Å². The van der Waals surface area contributed by atoms with Crippen molar-refractivity contribution in [1.29, 1.82) is 0 Å². The van der Waals surface area contributed by atoms with Gasteiger partial charge in [0.2, 0.25) is 0 Å². The first-order chi connectivity index (χ1) is 7.18. The molecule has 0 saturated carbocycles. The maximum absolute atomic E-state index is 13.2. The van der Waals surface area contributed by atoms with Gasteiger partial charge >= 0.3 is 0 Å². The smallest absolute Gasteiger partial charge is 0.159 e. The zero-order valence-corrected chi connectivity index (χ0v) is 8.97. The van der Waals surface area contributed by atoms with Crippen LogP contribution in [-0.4, -0.2) is 15.8 Å². The SMILES string of the molecule is CC.CC(=O)c1cc(F)c2nc[nH]c2c1.[HH]. The molecule has 0 aliphatic heterocycles. The van der Waals surface area contributed by atoms with E-state index in [9.17, 15) is 9.18 Å². The fourth-order valence-electron chi connectivity index (χ4n) is 1.21. The molecule has 0 saturated heterocycles. The van der Waals surface area contributed by atoms with Crippen LogP contribution in [-0.2, 0) is 0 Å². The molecule has 1 heterocycles. The third-order valence-electron chi connectivity index (χ3n) is 1.88. The molecule has 1 N–H and O–H groups in total. The normalized spacial score (nSPS) is 9.60. The number of benzene rings is 1. The highest BCUT2D eigenvalue weighted by Gasteiger charge is 2.07. The number of Topliss-reactive ketones (excluding diaryl/α,β-unsaturated/α-hetero) is 1. The second kappa shape index (κ2) is 4.68. The average Bonchev–Trinajstić information content (AvgIpc) is 2.69. The van der Waals surface area contributed by atoms with Crippen LogP contribution in [0.1, 0.15) is 32.6 Å². The minimum absolute atomic E-state index is 0. The van der Waals surface area contributed by atoms with Crippen molar-refractivity contribution in [2.75, 3.05) is 0 Å². The van der Waals surface area contributed by atoms with E-state index in [1.54, 1.807) is 6.07 Å². The summed E-state index contributed by atoms with van der Waals surface area (Å²) in [4.78, 5) is 17.5. The number of aromatic nitrogens is 2. The highest BCUT2D eigenvalue weighted by molar-refractivity contribution is 5.97. The predicted molar refractivity (Wildman–Crippen MR) is 59.5 cm³/mol. The van der Waals surface area contributed by atoms with Crippen molar-refractivity contribution in [1.82, 2.24) is 9.97 Å². The van der Waals surface area contributed by atoms with Gasteiger partial charge < -0.3 is 4.98 Å². The first-order valence-corrected chi connectivity index (χ1v) is 4.82. The van der Waals surface area contributed by atoms with E-state index in [0.29, 0.717) is 11.1 Å². The Morgan fingerprint density at radius 1 is 1.47 bits per heavy atom. The van der Waals surface area contributed by atoms with Gasteiger partial charge in [-0.25, -0.2) is 9.37 Å². The number of halogens is 1. The van der Waals surface area contributed by atoms with Gasteiger partial charge in [-0.1, -0.05) is 13.8 Å². The van der Waals surface area contributed by atoms with Crippen molar-refractivity contribution in [3.05, 3.63) is 29.8 Å². The Morgan fingerprint density at radius 3 is 2.73 bits per heavy atom. The van der Waals surface area contributed by atoms with Crippen LogP contribution >= 0.6 is 0 Å². The van der Waals surface area contributed by atoms with Crippen molar-refractivity contribution in [2.45, 2.75) is 20.8 Å². The van der Waals surface area contributed by atoms with Gasteiger partial charge in [0, 0.05) is 6.99 Å². The maximum Gasteiger partial charge on any atom is 0.159 e. The van der Waals surface area contributed by atoms with Crippen LogP contribution in [0.25, 0.3) is 11.0 Å². The van der Waals surface area contributed by atoms with Crippen LogP contribution in [0.15, 0.2) is 18.5 Å². The highest BCUT2D eigenvalue weighted by Crippen LogP contribution is 2.16. The van der Waals surface area contributed by atoms with Gasteiger partial charge in [-0.05, 0) is 19.1 Å². The topological polar surface area (TPSA) is 45.8 Å². The Kier molecular flexibility index (Phi) is 3.55. The van der Waals surface area contributed by atoms with E-state index in [2.05, 4.69) is 9.97 Å². The summed E-state index contributed by atoms with van der Waals surface area (Å²) in [5.41, 5.74) is 1.17. The number of carbonyl (C=O) groups excluding carboxylic acids is 1. The number of imidazole rings is 1. The molecule has 0 atom stereocenters. The number of hydrogen-bond acceptors (Lipinski definition) is 2. The number of H-pyrrole nitrogens is 1. The molecule has 2 rings (SSSR count). The van der Waals surface area contributed by atoms with Crippen molar-refractivity contribution in [2.24, 2.45) is 0 Å². The largest absolute Gasteiger partial charge is 0.344 e. The molecule has 0 aliphatic rings. The Balaban J connectivity index is 0.000000711. The monoisotopic (exact) mass is 210 g/mol. The molecule has 0 bridgehead atoms. The number of nitrogens with one attached hydrogen (secondary N) is 1. The van der Waals surface area contributed by atoms with E-state index >= 15 is 0 Å². The number of rotatable bonds is 1. The molecule has 0 amide bonds. The number of ketones is 1. The first-order valence-electron chi connectivity index (χ1n) is 4.82. The number of carbonyl (C=O) groups is 1. The van der Waals surface area contributed by atoms with E-state index in [4.69, 9.17) is 0 Å². The molecular weight excluding hydrogens is 195 g/mol. The van der Waals surface area contributed by atoms with Crippen LogP contribution < -0.4 is 0 Å². The molecule has 0 unspecified atom stereocenters. The zero-order valence-electron chi connectivity index (χ0n) is 8.97. The molecule has 2 aromatic rings. The Morgan fingerprint density at radius 2 is 2.13 bits per heavy atom. The Labute approximate surface area is 88.8 Å². The van der Waals surface area contributed by atoms with Crippen LogP contribution in [0.5, 0.6) is 0 Å². The van der Waals surface area contributed by atoms with E-state index in [0.717, 1.165) is 0 Å². The molecule has 1 aromatic heterocycles. The van der Waals surface area contributed by atoms with Crippen molar-refractivity contribution in [3.63, 3.8) is 0 Å². The van der Waals surface area contributed by atoms with Gasteiger partial charge in [-0.3, -0.25) is 4.79 Å². The lowest BCUT2D eigenvalue weighted by Gasteiger charge is -1.96. The second-order valence-corrected chi connectivity index (χ2v) is 2.81. The molecule has 82 valence electrons. The van der Waals surface area contributed by atoms with Gasteiger partial charge in [-0.15, -0.1) is 0 Å². The number of nitrogens with zero attached hydrogens (tertiary/aromatic N) is 1. The summed E-state index contributed by atoms with van der Waals surface area (Å²) in [6, 6.07) is 2.79. The molecule has 1 aromatic carbocycles. The lowest BCUT2D eigenvalue weighted by Crippen LogP contribution is -1.93. The third kappa shape index (κ3) is 2.21. The molecule has 0 fully saturated rings. The lowest BCUT2D eigenvalue weighted by molar-refractivity contribution is 0.101. The minimum atomic E-state index is -0.469. The zero-order chi connectivity index (χ0) is 11.4. The summed E-state index contributed by atoms with van der Waals surface area (Å²) < 4.78 is 13.2. The third-order valence-corrected chi connectivity index (χ3v) is 1.88. The number of aromatic amines is 1. The van der Waals surface area contributed by atoms with E-state index in [1.807, 2.05) is 13.8 Å². The van der Waals surface area contributed by atoms with Gasteiger partial charge in [0.05, 0.1) is 11.8 Å². The lowest BCUT2D eigenvalue weighted by atomic mass is 10.1. The van der Waals surface area contributed by atoms with Crippen molar-refractivity contribution in [3.8, 4) is 0 Å². The quantitative estimate of drug-likeness (QED) is 0.735. The molecule has 0 aliphatic carbocycles. The Hall–Kier alpha value is -1.71. The van der Waals surface area contributed by atoms with E-state index in [-0.39, 0.29) is 12.7 Å². The summed E-state index contributed by atoms with van der Waals surface area (Å²) >= 11 is 0. The number of fused-ring (bicyclic) bond motifs is 1. The van der Waals surface area contributed by atoms with Gasteiger partial charge in [-0.2, -0.15) is 0 Å². The molecular formula is C11H15FN2O. The van der Waals surface area contributed by atoms with E-state index < -0.39 is 5.82 Å². The number of hydrogen-bond donors (Lipinski definition) is 1. The average molecular weight is 210 g/mol. The maximum atomic E-state index is 13.2. The van der Waals surface area contributed by atoms with Crippen LogP contribution in [0.2, 0.25) is 0 Å². The summed E-state index contributed by atoms with van der Waals surface area (Å²) in [6.07, 6.45) is 1.40. The molecule has 15 heavy (non-hydrogen) atoms. The standard InChI is InChI=1S/C9H7FN2O.C2H6.H2/c1-5(13)6-2-7(10)9-8(3-6)11-4-12-9;1-2;/h2-4H,1H3,(H,11,12);1-2H3;1H. The minimum Gasteiger partial charge on any atom is -0.344 e. The molecule has 4 heteroatoms. The fraction of sp³-hybridized carbons (Fsp3) is 0.273. The molecule has 0 radical (unpaired) electrons. The summed E-state index contributed by atoms with van der Waals surface area (Å²) in [5.74, 6) is -0.626. The summed E-state index contributed by atoms with van der Waals surface area (Å²) in [5, 5.41) is 0. The predicted octanol–water partition coefficient (Wildman–Crippen LogP) is 3.18. The highest BCUT2D eigenvalue weighted by atomic mass is 19.1. The van der Waals surface area contributed by atoms with Crippen LogP contribution in [0.4, 0.5) is 4.39 Å². The van der Waals surface area contributed by atoms with Crippen LogP contribution in [0.3, 0.4) is 0 Å². The Bertz CT molecular complexity index is 482. The van der Waals surface area contributed by atoms with Crippen molar-refractivity contribution >= 4 is 16.8 Å². The summed E-state index contributed by atoms with van der Waals surface area (Å²) in [7, 11) is 0. The fourth-order valence-corrected chi connectivity index (χ4v) is 1.21. The molecule has 3 nitrogen and oxygen atoms in total. The second-order valence-electron chi connectivity index (χ2n) is 2.81. The summed E-state index contributed by atoms with van der Waals surface area (Å²) in [6.45, 7) is 5.40. The van der Waals surface area contributed by atoms with Crippen molar-refractivity contribution < 1.29 is 10.6 Å². The van der Waals surface area contributed by atoms with Crippen LogP contribution in [0, 0.1) is 5.82 Å². The molecule has 0 spiro atoms. The van der Waals surface area contributed by atoms with Gasteiger partial charge in [0.25, 0.3) is 0 Å². The first kappa shape index (κ1) is 11.4. The van der Waals surface area contributed by atoms with Gasteiger partial charge in [0.15, 0.2) is 11.6 Å². The van der Waals surface area contributed by atoms with Gasteiger partial charge in [0.1, 0.15) is 5.52 Å².